The number of hydrogen-bond donors (Lipinski definition) is 1. The van der Waals surface area contributed by atoms with Crippen LogP contribution in [-0.2, 0) is 4.74 Å². The molecule has 3 heteroatoms. The third-order valence-electron chi connectivity index (χ3n) is 2.51. The molecular weight excluding hydrogens is 216 g/mol. The third-order valence-corrected chi connectivity index (χ3v) is 2.51. The maximum Gasteiger partial charge on any atom is 0.125 e. The number of aliphatic hydroxyl groups excluding tert-OH is 1. The SMILES string of the molecule is CCOCCCOc1ccc(C)cc1C(C)O. The number of aliphatic hydroxyl groups is 1. The van der Waals surface area contributed by atoms with E-state index >= 15 is 0 Å². The fraction of sp³-hybridized carbons (Fsp3) is 0.571. The van der Waals surface area contributed by atoms with Crippen molar-refractivity contribution in [3.05, 3.63) is 29.3 Å². The molecule has 0 aliphatic rings. The molecule has 0 aliphatic heterocycles. The highest BCUT2D eigenvalue weighted by molar-refractivity contribution is 5.38. The predicted molar refractivity (Wildman–Crippen MR) is 68.4 cm³/mol. The van der Waals surface area contributed by atoms with E-state index < -0.39 is 6.10 Å². The summed E-state index contributed by atoms with van der Waals surface area (Å²) in [5, 5.41) is 9.67. The molecule has 0 amide bonds. The first-order valence-corrected chi connectivity index (χ1v) is 6.14. The van der Waals surface area contributed by atoms with Crippen molar-refractivity contribution >= 4 is 0 Å². The Morgan fingerprint density at radius 2 is 2.06 bits per heavy atom. The minimum Gasteiger partial charge on any atom is -0.493 e. The molecule has 0 saturated heterocycles. The van der Waals surface area contributed by atoms with Crippen LogP contribution in [0.3, 0.4) is 0 Å². The molecule has 17 heavy (non-hydrogen) atoms. The fourth-order valence-electron chi connectivity index (χ4n) is 1.61. The smallest absolute Gasteiger partial charge is 0.125 e. The third kappa shape index (κ3) is 4.75. The second-order valence-electron chi connectivity index (χ2n) is 4.12. The van der Waals surface area contributed by atoms with Crippen molar-refractivity contribution in [3.63, 3.8) is 0 Å². The van der Waals surface area contributed by atoms with Gasteiger partial charge in [-0.15, -0.1) is 0 Å². The van der Waals surface area contributed by atoms with Gasteiger partial charge >= 0.3 is 0 Å². The van der Waals surface area contributed by atoms with E-state index in [0.29, 0.717) is 13.2 Å². The van der Waals surface area contributed by atoms with E-state index in [1.807, 2.05) is 32.0 Å². The average Bonchev–Trinajstić information content (AvgIpc) is 2.30. The van der Waals surface area contributed by atoms with Gasteiger partial charge in [-0.25, -0.2) is 0 Å². The minimum atomic E-state index is -0.503. The standard InChI is InChI=1S/C14H22O3/c1-4-16-8-5-9-17-14-7-6-11(2)10-13(14)12(3)15/h6-7,10,12,15H,4-5,8-9H2,1-3H3. The van der Waals surface area contributed by atoms with Crippen molar-refractivity contribution in [1.82, 2.24) is 0 Å². The van der Waals surface area contributed by atoms with Crippen molar-refractivity contribution < 1.29 is 14.6 Å². The molecule has 1 unspecified atom stereocenters. The lowest BCUT2D eigenvalue weighted by molar-refractivity contribution is 0.129. The van der Waals surface area contributed by atoms with Gasteiger partial charge in [0, 0.05) is 25.2 Å². The molecule has 3 nitrogen and oxygen atoms in total. The van der Waals surface area contributed by atoms with E-state index in [1.165, 1.54) is 0 Å². The van der Waals surface area contributed by atoms with E-state index in [2.05, 4.69) is 0 Å². The molecule has 1 N–H and O–H groups in total. The Morgan fingerprint density at radius 1 is 1.29 bits per heavy atom. The zero-order valence-electron chi connectivity index (χ0n) is 10.9. The maximum atomic E-state index is 9.67. The van der Waals surface area contributed by atoms with E-state index in [9.17, 15) is 5.11 Å². The van der Waals surface area contributed by atoms with Gasteiger partial charge in [0.15, 0.2) is 0 Å². The largest absolute Gasteiger partial charge is 0.493 e. The second kappa shape index (κ2) is 7.30. The van der Waals surface area contributed by atoms with Crippen LogP contribution in [0, 0.1) is 6.92 Å². The lowest BCUT2D eigenvalue weighted by Gasteiger charge is -2.14. The Kier molecular flexibility index (Phi) is 6.01. The van der Waals surface area contributed by atoms with Gasteiger partial charge in [0.25, 0.3) is 0 Å². The van der Waals surface area contributed by atoms with E-state index in [4.69, 9.17) is 9.47 Å². The summed E-state index contributed by atoms with van der Waals surface area (Å²) < 4.78 is 10.9. The summed E-state index contributed by atoms with van der Waals surface area (Å²) >= 11 is 0. The first-order valence-electron chi connectivity index (χ1n) is 6.14. The quantitative estimate of drug-likeness (QED) is 0.742. The first kappa shape index (κ1) is 14.0. The van der Waals surface area contributed by atoms with Crippen LogP contribution in [0.15, 0.2) is 18.2 Å². The molecule has 0 fully saturated rings. The number of hydrogen-bond acceptors (Lipinski definition) is 3. The van der Waals surface area contributed by atoms with Crippen LogP contribution in [0.25, 0.3) is 0 Å². The molecule has 1 rings (SSSR count). The van der Waals surface area contributed by atoms with Crippen molar-refractivity contribution in [2.45, 2.75) is 33.3 Å². The van der Waals surface area contributed by atoms with E-state index in [-0.39, 0.29) is 0 Å². The van der Waals surface area contributed by atoms with Gasteiger partial charge in [0.2, 0.25) is 0 Å². The van der Waals surface area contributed by atoms with Gasteiger partial charge < -0.3 is 14.6 Å². The van der Waals surface area contributed by atoms with Crippen molar-refractivity contribution in [3.8, 4) is 5.75 Å². The van der Waals surface area contributed by atoms with Crippen LogP contribution in [-0.4, -0.2) is 24.9 Å². The van der Waals surface area contributed by atoms with Gasteiger partial charge in [-0.05, 0) is 32.9 Å². The average molecular weight is 238 g/mol. The zero-order valence-corrected chi connectivity index (χ0v) is 10.9. The summed E-state index contributed by atoms with van der Waals surface area (Å²) in [7, 11) is 0. The van der Waals surface area contributed by atoms with Gasteiger partial charge in [-0.2, -0.15) is 0 Å². The topological polar surface area (TPSA) is 38.7 Å². The van der Waals surface area contributed by atoms with Crippen LogP contribution < -0.4 is 4.74 Å². The number of ether oxygens (including phenoxy) is 2. The summed E-state index contributed by atoms with van der Waals surface area (Å²) in [5.74, 6) is 0.766. The predicted octanol–water partition coefficient (Wildman–Crippen LogP) is 2.85. The first-order chi connectivity index (χ1) is 8.15. The summed E-state index contributed by atoms with van der Waals surface area (Å²) in [5.41, 5.74) is 1.98. The highest BCUT2D eigenvalue weighted by Gasteiger charge is 2.09. The van der Waals surface area contributed by atoms with Crippen molar-refractivity contribution in [2.75, 3.05) is 19.8 Å². The van der Waals surface area contributed by atoms with E-state index in [1.54, 1.807) is 6.92 Å². The molecule has 0 radical (unpaired) electrons. The van der Waals surface area contributed by atoms with Gasteiger partial charge in [-0.3, -0.25) is 0 Å². The van der Waals surface area contributed by atoms with Crippen LogP contribution in [0.5, 0.6) is 5.75 Å². The zero-order chi connectivity index (χ0) is 12.7. The molecule has 1 atom stereocenters. The number of aryl methyl sites for hydroxylation is 1. The fourth-order valence-corrected chi connectivity index (χ4v) is 1.61. The highest BCUT2D eigenvalue weighted by Crippen LogP contribution is 2.26. The molecule has 0 saturated carbocycles. The van der Waals surface area contributed by atoms with Crippen molar-refractivity contribution in [2.24, 2.45) is 0 Å². The Balaban J connectivity index is 2.52. The molecule has 1 aromatic carbocycles. The maximum absolute atomic E-state index is 9.67. The van der Waals surface area contributed by atoms with Crippen molar-refractivity contribution in [1.29, 1.82) is 0 Å². The van der Waals surface area contributed by atoms with Crippen LogP contribution in [0.1, 0.15) is 37.5 Å². The molecule has 0 bridgehead atoms. The lowest BCUT2D eigenvalue weighted by Crippen LogP contribution is -2.05. The minimum absolute atomic E-state index is 0.503. The summed E-state index contributed by atoms with van der Waals surface area (Å²) in [6.07, 6.45) is 0.359. The van der Waals surface area contributed by atoms with Crippen LogP contribution in [0.4, 0.5) is 0 Å². The molecule has 0 aliphatic carbocycles. The molecular formula is C14H22O3. The monoisotopic (exact) mass is 238 g/mol. The summed E-state index contributed by atoms with van der Waals surface area (Å²) in [6, 6.07) is 5.87. The van der Waals surface area contributed by atoms with Gasteiger partial charge in [-0.1, -0.05) is 11.6 Å². The number of benzene rings is 1. The lowest BCUT2D eigenvalue weighted by atomic mass is 10.1. The van der Waals surface area contributed by atoms with E-state index in [0.717, 1.165) is 29.9 Å². The Bertz CT molecular complexity index is 334. The molecule has 1 aromatic rings. The summed E-state index contributed by atoms with van der Waals surface area (Å²) in [4.78, 5) is 0. The Labute approximate surface area is 103 Å². The van der Waals surface area contributed by atoms with Crippen LogP contribution in [0.2, 0.25) is 0 Å². The molecule has 0 heterocycles. The van der Waals surface area contributed by atoms with Crippen LogP contribution >= 0.6 is 0 Å². The second-order valence-corrected chi connectivity index (χ2v) is 4.12. The Hall–Kier alpha value is -1.06. The summed E-state index contributed by atoms with van der Waals surface area (Å²) in [6.45, 7) is 7.80. The molecule has 96 valence electrons. The Morgan fingerprint density at radius 3 is 2.71 bits per heavy atom. The normalized spacial score (nSPS) is 12.5. The number of rotatable bonds is 7. The highest BCUT2D eigenvalue weighted by atomic mass is 16.5. The van der Waals surface area contributed by atoms with Gasteiger partial charge in [0.1, 0.15) is 5.75 Å². The van der Waals surface area contributed by atoms with Gasteiger partial charge in [0.05, 0.1) is 12.7 Å². The molecule has 0 aromatic heterocycles. The molecule has 0 spiro atoms.